The van der Waals surface area contributed by atoms with E-state index >= 15 is 0 Å². The Morgan fingerprint density at radius 2 is 2.00 bits per heavy atom. The molecule has 0 saturated carbocycles. The van der Waals surface area contributed by atoms with Crippen LogP contribution in [0.3, 0.4) is 0 Å². The first-order valence-electron chi connectivity index (χ1n) is 9.04. The Labute approximate surface area is 177 Å². The van der Waals surface area contributed by atoms with Gasteiger partial charge in [-0.25, -0.2) is 18.4 Å². The number of nitrogens with zero attached hydrogens (tertiary/aromatic N) is 2. The van der Waals surface area contributed by atoms with E-state index in [0.717, 1.165) is 6.42 Å². The third-order valence-corrected chi connectivity index (χ3v) is 6.42. The third-order valence-electron chi connectivity index (χ3n) is 4.25. The summed E-state index contributed by atoms with van der Waals surface area (Å²) in [5.74, 6) is 0.0686. The zero-order valence-electron chi connectivity index (χ0n) is 15.6. The molecule has 1 aliphatic heterocycles. The van der Waals surface area contributed by atoms with Crippen molar-refractivity contribution in [3.05, 3.63) is 59.7 Å². The maximum absolute atomic E-state index is 12.4. The van der Waals surface area contributed by atoms with Crippen LogP contribution in [0.2, 0.25) is 0 Å². The molecule has 4 rings (SSSR count). The van der Waals surface area contributed by atoms with Crippen molar-refractivity contribution in [1.29, 1.82) is 0 Å². The number of benzene rings is 1. The fourth-order valence-corrected chi connectivity index (χ4v) is 4.52. The maximum atomic E-state index is 12.4. The molecule has 3 aromatic rings. The summed E-state index contributed by atoms with van der Waals surface area (Å²) in [7, 11) is -3.74. The van der Waals surface area contributed by atoms with Crippen molar-refractivity contribution in [3.63, 3.8) is 0 Å². The van der Waals surface area contributed by atoms with Crippen LogP contribution in [0.15, 0.2) is 59.1 Å². The SMILES string of the molecule is O=C(Nc1ccc(S(=O)(=O)Nc2nccs2)cc1)c1ccc(OC2CCOC2)nc1. The summed E-state index contributed by atoms with van der Waals surface area (Å²) >= 11 is 1.18. The van der Waals surface area contributed by atoms with Crippen LogP contribution in [0.5, 0.6) is 5.88 Å². The molecule has 9 nitrogen and oxygen atoms in total. The molecule has 11 heteroatoms. The first kappa shape index (κ1) is 20.3. The Bertz CT molecular complexity index is 1090. The Morgan fingerprint density at radius 1 is 1.17 bits per heavy atom. The van der Waals surface area contributed by atoms with Gasteiger partial charge in [0.1, 0.15) is 6.10 Å². The van der Waals surface area contributed by atoms with Crippen LogP contribution in [-0.4, -0.2) is 43.6 Å². The fraction of sp³-hybridized carbons (Fsp3) is 0.211. The van der Waals surface area contributed by atoms with Crippen LogP contribution in [-0.2, 0) is 14.8 Å². The number of rotatable bonds is 7. The molecule has 0 radical (unpaired) electrons. The number of amides is 1. The molecular formula is C19H18N4O5S2. The number of thiazole rings is 1. The molecule has 1 unspecified atom stereocenters. The molecule has 0 spiro atoms. The second kappa shape index (κ2) is 8.78. The normalized spacial score (nSPS) is 16.2. The largest absolute Gasteiger partial charge is 0.472 e. The van der Waals surface area contributed by atoms with Gasteiger partial charge in [0, 0.05) is 35.9 Å². The maximum Gasteiger partial charge on any atom is 0.263 e. The number of carbonyl (C=O) groups excluding carboxylic acids is 1. The Balaban J connectivity index is 1.37. The van der Waals surface area contributed by atoms with Crippen molar-refractivity contribution >= 4 is 38.1 Å². The zero-order valence-corrected chi connectivity index (χ0v) is 17.3. The topological polar surface area (TPSA) is 120 Å². The van der Waals surface area contributed by atoms with Gasteiger partial charge in [-0.3, -0.25) is 9.52 Å². The molecule has 1 atom stereocenters. The third kappa shape index (κ3) is 4.93. The first-order chi connectivity index (χ1) is 14.5. The monoisotopic (exact) mass is 446 g/mol. The number of sulfonamides is 1. The van der Waals surface area contributed by atoms with Gasteiger partial charge in [0.2, 0.25) is 5.88 Å². The van der Waals surface area contributed by atoms with E-state index in [4.69, 9.17) is 9.47 Å². The van der Waals surface area contributed by atoms with Crippen LogP contribution in [0.1, 0.15) is 16.8 Å². The van der Waals surface area contributed by atoms with Crippen molar-refractivity contribution in [2.75, 3.05) is 23.3 Å². The van der Waals surface area contributed by atoms with E-state index in [2.05, 4.69) is 20.0 Å². The molecule has 2 N–H and O–H groups in total. The minimum absolute atomic E-state index is 0.0166. The van der Waals surface area contributed by atoms with E-state index in [1.54, 1.807) is 17.5 Å². The lowest BCUT2D eigenvalue weighted by atomic mass is 10.2. The lowest BCUT2D eigenvalue weighted by Gasteiger charge is -2.11. The van der Waals surface area contributed by atoms with Crippen LogP contribution in [0.25, 0.3) is 0 Å². The Kier molecular flexibility index (Phi) is 5.93. The summed E-state index contributed by atoms with van der Waals surface area (Å²) in [6.45, 7) is 1.21. The van der Waals surface area contributed by atoms with Gasteiger partial charge in [0.15, 0.2) is 5.13 Å². The lowest BCUT2D eigenvalue weighted by molar-refractivity contribution is 0.102. The van der Waals surface area contributed by atoms with E-state index in [1.165, 1.54) is 48.0 Å². The highest BCUT2D eigenvalue weighted by Gasteiger charge is 2.18. The van der Waals surface area contributed by atoms with Crippen molar-refractivity contribution in [2.24, 2.45) is 0 Å². The highest BCUT2D eigenvalue weighted by molar-refractivity contribution is 7.93. The molecule has 1 aliphatic rings. The van der Waals surface area contributed by atoms with Crippen molar-refractivity contribution in [1.82, 2.24) is 9.97 Å². The summed E-state index contributed by atoms with van der Waals surface area (Å²) in [4.78, 5) is 20.5. The average molecular weight is 447 g/mol. The number of hydrogen-bond donors (Lipinski definition) is 2. The molecule has 156 valence electrons. The number of ether oxygens (including phenoxy) is 2. The average Bonchev–Trinajstić information content (AvgIpc) is 3.43. The summed E-state index contributed by atoms with van der Waals surface area (Å²) in [5.41, 5.74) is 0.809. The van der Waals surface area contributed by atoms with E-state index < -0.39 is 10.0 Å². The van der Waals surface area contributed by atoms with E-state index in [9.17, 15) is 13.2 Å². The predicted octanol–water partition coefficient (Wildman–Crippen LogP) is 2.76. The second-order valence-corrected chi connectivity index (χ2v) is 8.99. The van der Waals surface area contributed by atoms with Gasteiger partial charge in [-0.1, -0.05) is 0 Å². The van der Waals surface area contributed by atoms with Crippen molar-refractivity contribution in [3.8, 4) is 5.88 Å². The summed E-state index contributed by atoms with van der Waals surface area (Å²) in [6.07, 6.45) is 3.74. The molecule has 2 aromatic heterocycles. The molecule has 0 aliphatic carbocycles. The zero-order chi connectivity index (χ0) is 21.0. The lowest BCUT2D eigenvalue weighted by Crippen LogP contribution is -2.17. The highest BCUT2D eigenvalue weighted by Crippen LogP contribution is 2.20. The van der Waals surface area contributed by atoms with E-state index in [1.807, 2.05) is 0 Å². The van der Waals surface area contributed by atoms with Gasteiger partial charge in [-0.2, -0.15) is 0 Å². The highest BCUT2D eigenvalue weighted by atomic mass is 32.2. The molecule has 30 heavy (non-hydrogen) atoms. The molecule has 3 heterocycles. The number of carbonyl (C=O) groups is 1. The summed E-state index contributed by atoms with van der Waals surface area (Å²) in [6, 6.07) is 9.09. The predicted molar refractivity (Wildman–Crippen MR) is 111 cm³/mol. The van der Waals surface area contributed by atoms with Gasteiger partial charge >= 0.3 is 0 Å². The minimum Gasteiger partial charge on any atom is -0.472 e. The molecule has 1 saturated heterocycles. The van der Waals surface area contributed by atoms with Crippen LogP contribution in [0, 0.1) is 0 Å². The molecule has 1 aromatic carbocycles. The number of nitrogens with one attached hydrogen (secondary N) is 2. The van der Waals surface area contributed by atoms with Gasteiger partial charge in [-0.15, -0.1) is 11.3 Å². The standard InChI is InChI=1S/C19H18N4O5S2/c24-18(13-1-6-17(21-11-13)28-15-7-9-27-12-15)22-14-2-4-16(5-3-14)30(25,26)23-19-20-8-10-29-19/h1-6,8,10-11,15H,7,9,12H2,(H,20,23)(H,22,24). The number of pyridine rings is 1. The second-order valence-electron chi connectivity index (χ2n) is 6.41. The smallest absolute Gasteiger partial charge is 0.263 e. The van der Waals surface area contributed by atoms with E-state index in [-0.39, 0.29) is 22.0 Å². The minimum atomic E-state index is -3.74. The molecular weight excluding hydrogens is 428 g/mol. The molecule has 1 amide bonds. The van der Waals surface area contributed by atoms with E-state index in [0.29, 0.717) is 30.3 Å². The van der Waals surface area contributed by atoms with Gasteiger partial charge in [0.25, 0.3) is 15.9 Å². The number of anilines is 2. The van der Waals surface area contributed by atoms with Crippen molar-refractivity contribution in [2.45, 2.75) is 17.4 Å². The number of aromatic nitrogens is 2. The van der Waals surface area contributed by atoms with Gasteiger partial charge < -0.3 is 14.8 Å². The molecule has 1 fully saturated rings. The summed E-state index contributed by atoms with van der Waals surface area (Å²) < 4.78 is 38.0. The first-order valence-corrected chi connectivity index (χ1v) is 11.4. The molecule has 0 bridgehead atoms. The Hall–Kier alpha value is -3.02. The Morgan fingerprint density at radius 3 is 2.63 bits per heavy atom. The van der Waals surface area contributed by atoms with Gasteiger partial charge in [0.05, 0.1) is 23.7 Å². The summed E-state index contributed by atoms with van der Waals surface area (Å²) in [5, 5.41) is 4.67. The van der Waals surface area contributed by atoms with Crippen LogP contribution >= 0.6 is 11.3 Å². The quantitative estimate of drug-likeness (QED) is 0.573. The number of hydrogen-bond acceptors (Lipinski definition) is 8. The van der Waals surface area contributed by atoms with Crippen LogP contribution < -0.4 is 14.8 Å². The fourth-order valence-electron chi connectivity index (χ4n) is 2.73. The van der Waals surface area contributed by atoms with Gasteiger partial charge in [-0.05, 0) is 30.3 Å². The van der Waals surface area contributed by atoms with Crippen LogP contribution in [0.4, 0.5) is 10.8 Å². The van der Waals surface area contributed by atoms with Crippen molar-refractivity contribution < 1.29 is 22.7 Å².